The lowest BCUT2D eigenvalue weighted by molar-refractivity contribution is -0.556. The number of hydrogen-bond donors (Lipinski definition) is 1. The number of rotatable bonds is 2. The van der Waals surface area contributed by atoms with Crippen LogP contribution in [0.3, 0.4) is 0 Å². The van der Waals surface area contributed by atoms with Crippen LogP contribution in [-0.2, 0) is 0 Å². The summed E-state index contributed by atoms with van der Waals surface area (Å²) in [6.07, 6.45) is 0. The summed E-state index contributed by atoms with van der Waals surface area (Å²) in [6, 6.07) is 11.8. The Bertz CT molecular complexity index is 1150. The van der Waals surface area contributed by atoms with Crippen LogP contribution in [0.2, 0.25) is 0 Å². The van der Waals surface area contributed by atoms with E-state index in [1.54, 1.807) is 17.5 Å². The zero-order chi connectivity index (χ0) is 16.8. The molecule has 6 nitrogen and oxygen atoms in total. The largest absolute Gasteiger partial charge is 0.494 e. The van der Waals surface area contributed by atoms with Gasteiger partial charge in [0, 0.05) is 6.07 Å². The van der Waals surface area contributed by atoms with Gasteiger partial charge in [-0.05, 0) is 31.2 Å². The Morgan fingerprint density at radius 2 is 2.04 bits per heavy atom. The van der Waals surface area contributed by atoms with E-state index in [-0.39, 0.29) is 11.3 Å². The standard InChI is InChI=1S/C17H13FN4O2/c1-10-16-17(23)21(11-7-8-15(24-2)12(18)9-11)20-22(16)14-6-4-3-5-13(14)19-10/h3-9H,1-2H3/p+1. The molecule has 0 radical (unpaired) electrons. The molecule has 0 saturated carbocycles. The van der Waals surface area contributed by atoms with Gasteiger partial charge in [0.2, 0.25) is 0 Å². The zero-order valence-corrected chi connectivity index (χ0v) is 13.1. The van der Waals surface area contributed by atoms with Crippen LogP contribution in [0.25, 0.3) is 22.2 Å². The van der Waals surface area contributed by atoms with E-state index in [9.17, 15) is 9.18 Å². The molecule has 0 aliphatic rings. The fourth-order valence-corrected chi connectivity index (χ4v) is 2.84. The first-order chi connectivity index (χ1) is 11.6. The van der Waals surface area contributed by atoms with Crippen LogP contribution in [0.4, 0.5) is 4.39 Å². The lowest BCUT2D eigenvalue weighted by Crippen LogP contribution is -2.27. The van der Waals surface area contributed by atoms with Gasteiger partial charge >= 0.3 is 5.56 Å². The van der Waals surface area contributed by atoms with Crippen molar-refractivity contribution in [3.63, 3.8) is 0 Å². The molecular weight excluding hydrogens is 311 g/mol. The molecule has 0 atom stereocenters. The number of ether oxygens (including phenoxy) is 1. The van der Waals surface area contributed by atoms with E-state index in [0.29, 0.717) is 16.9 Å². The SMILES string of the molecule is COc1ccc(-n2[nH][n+]3c(c(C)nc4ccccc43)c2=O)cc1F. The first-order valence-corrected chi connectivity index (χ1v) is 7.36. The second-order valence-corrected chi connectivity index (χ2v) is 5.43. The maximum atomic E-state index is 14.0. The van der Waals surface area contributed by atoms with E-state index in [0.717, 1.165) is 11.0 Å². The molecule has 0 fully saturated rings. The lowest BCUT2D eigenvalue weighted by atomic mass is 10.2. The summed E-state index contributed by atoms with van der Waals surface area (Å²) in [6.45, 7) is 1.77. The number of nitrogens with one attached hydrogen (secondary N) is 1. The predicted molar refractivity (Wildman–Crippen MR) is 86.1 cm³/mol. The summed E-state index contributed by atoms with van der Waals surface area (Å²) in [5.41, 5.74) is 2.64. The summed E-state index contributed by atoms with van der Waals surface area (Å²) in [7, 11) is 1.39. The van der Waals surface area contributed by atoms with Crippen LogP contribution in [-0.4, -0.2) is 22.0 Å². The first-order valence-electron chi connectivity index (χ1n) is 7.36. The van der Waals surface area contributed by atoms with Gasteiger partial charge in [-0.15, -0.1) is 4.52 Å². The van der Waals surface area contributed by atoms with E-state index in [1.165, 1.54) is 23.9 Å². The molecule has 0 amide bonds. The smallest absolute Gasteiger partial charge is 0.408 e. The van der Waals surface area contributed by atoms with Crippen molar-refractivity contribution in [1.82, 2.24) is 14.9 Å². The van der Waals surface area contributed by atoms with Crippen LogP contribution < -0.4 is 14.8 Å². The van der Waals surface area contributed by atoms with Crippen molar-refractivity contribution < 1.29 is 13.6 Å². The number of nitrogens with zero attached hydrogens (tertiary/aromatic N) is 3. The second kappa shape index (κ2) is 5.16. The number of fused-ring (bicyclic) bond motifs is 3. The Balaban J connectivity index is 2.06. The minimum atomic E-state index is -0.537. The van der Waals surface area contributed by atoms with Gasteiger partial charge in [0.05, 0.1) is 12.8 Å². The number of H-pyrrole nitrogens is 1. The van der Waals surface area contributed by atoms with Crippen molar-refractivity contribution in [2.24, 2.45) is 0 Å². The van der Waals surface area contributed by atoms with Crippen LogP contribution >= 0.6 is 0 Å². The minimum absolute atomic E-state index is 0.124. The molecule has 4 rings (SSSR count). The molecule has 4 aromatic rings. The van der Waals surface area contributed by atoms with Gasteiger partial charge in [-0.3, -0.25) is 0 Å². The number of para-hydroxylation sites is 2. The van der Waals surface area contributed by atoms with E-state index in [4.69, 9.17) is 4.74 Å². The van der Waals surface area contributed by atoms with Gasteiger partial charge in [-0.2, -0.15) is 0 Å². The topological polar surface area (TPSA) is 64.0 Å². The van der Waals surface area contributed by atoms with Gasteiger partial charge in [0.25, 0.3) is 5.52 Å². The Morgan fingerprint density at radius 1 is 1.25 bits per heavy atom. The molecule has 2 aromatic carbocycles. The molecule has 0 bridgehead atoms. The Labute approximate surface area is 135 Å². The lowest BCUT2D eigenvalue weighted by Gasteiger charge is -2.01. The van der Waals surface area contributed by atoms with Gasteiger partial charge in [0.15, 0.2) is 22.8 Å². The van der Waals surface area contributed by atoms with Crippen LogP contribution in [0.15, 0.2) is 47.3 Å². The van der Waals surface area contributed by atoms with Crippen LogP contribution in [0.5, 0.6) is 5.75 Å². The van der Waals surface area contributed by atoms with Crippen molar-refractivity contribution in [2.45, 2.75) is 6.92 Å². The van der Waals surface area contributed by atoms with Crippen LogP contribution in [0.1, 0.15) is 5.69 Å². The summed E-state index contributed by atoms with van der Waals surface area (Å²) >= 11 is 0. The summed E-state index contributed by atoms with van der Waals surface area (Å²) in [5.74, 6) is -0.413. The number of aromatic nitrogens is 4. The van der Waals surface area contributed by atoms with Gasteiger partial charge in [-0.25, -0.2) is 14.2 Å². The maximum absolute atomic E-state index is 14.0. The molecule has 0 aliphatic carbocycles. The summed E-state index contributed by atoms with van der Waals surface area (Å²) in [5, 5.41) is 3.00. The second-order valence-electron chi connectivity index (χ2n) is 5.43. The third-order valence-electron chi connectivity index (χ3n) is 3.98. The molecule has 0 unspecified atom stereocenters. The quantitative estimate of drug-likeness (QED) is 0.573. The highest BCUT2D eigenvalue weighted by atomic mass is 19.1. The number of aromatic amines is 1. The summed E-state index contributed by atoms with van der Waals surface area (Å²) < 4.78 is 21.9. The highest BCUT2D eigenvalue weighted by molar-refractivity contribution is 5.72. The predicted octanol–water partition coefficient (Wildman–Crippen LogP) is 1.91. The first kappa shape index (κ1) is 14.4. The minimum Gasteiger partial charge on any atom is -0.494 e. The van der Waals surface area contributed by atoms with Gasteiger partial charge in [0.1, 0.15) is 5.52 Å². The highest BCUT2D eigenvalue weighted by Crippen LogP contribution is 2.19. The molecule has 120 valence electrons. The van der Waals surface area contributed by atoms with Crippen LogP contribution in [0, 0.1) is 12.7 Å². The molecule has 0 aliphatic heterocycles. The van der Waals surface area contributed by atoms with Crippen molar-refractivity contribution in [3.05, 3.63) is 64.3 Å². The van der Waals surface area contributed by atoms with Gasteiger partial charge in [-0.1, -0.05) is 22.0 Å². The summed E-state index contributed by atoms with van der Waals surface area (Å²) in [4.78, 5) is 17.2. The molecule has 1 N–H and O–H groups in total. The number of methoxy groups -OCH3 is 1. The number of halogens is 1. The maximum Gasteiger partial charge on any atom is 0.408 e. The van der Waals surface area contributed by atoms with Crippen molar-refractivity contribution in [2.75, 3.05) is 7.11 Å². The average molecular weight is 325 g/mol. The number of benzene rings is 2. The Morgan fingerprint density at radius 3 is 2.79 bits per heavy atom. The highest BCUT2D eigenvalue weighted by Gasteiger charge is 2.23. The van der Waals surface area contributed by atoms with Crippen molar-refractivity contribution in [3.8, 4) is 11.4 Å². The molecule has 0 saturated heterocycles. The zero-order valence-electron chi connectivity index (χ0n) is 13.1. The van der Waals surface area contributed by atoms with Crippen molar-refractivity contribution in [1.29, 1.82) is 0 Å². The normalized spacial score (nSPS) is 11.3. The number of aryl methyl sites for hydroxylation is 1. The van der Waals surface area contributed by atoms with E-state index in [2.05, 4.69) is 10.2 Å². The third-order valence-corrected chi connectivity index (χ3v) is 3.98. The van der Waals surface area contributed by atoms with E-state index in [1.807, 2.05) is 24.3 Å². The third kappa shape index (κ3) is 1.98. The molecule has 24 heavy (non-hydrogen) atoms. The van der Waals surface area contributed by atoms with Crippen molar-refractivity contribution >= 4 is 16.6 Å². The Hall–Kier alpha value is -3.22. The molecular formula is C17H14FN4O2+. The van der Waals surface area contributed by atoms with E-state index >= 15 is 0 Å². The monoisotopic (exact) mass is 325 g/mol. The van der Waals surface area contributed by atoms with E-state index < -0.39 is 5.82 Å². The molecule has 0 spiro atoms. The fraction of sp³-hybridized carbons (Fsp3) is 0.118. The molecule has 7 heteroatoms. The van der Waals surface area contributed by atoms with Gasteiger partial charge < -0.3 is 4.74 Å². The molecule has 2 aromatic heterocycles. The average Bonchev–Trinajstić information content (AvgIpc) is 2.93. The fourth-order valence-electron chi connectivity index (χ4n) is 2.84. The molecule has 2 heterocycles. The number of hydrogen-bond acceptors (Lipinski definition) is 3. The Kier molecular flexibility index (Phi) is 3.09.